The van der Waals surface area contributed by atoms with Crippen molar-refractivity contribution in [2.45, 2.75) is 172 Å². The highest BCUT2D eigenvalue weighted by Crippen LogP contribution is 2.33. The van der Waals surface area contributed by atoms with E-state index >= 15 is 0 Å². The largest absolute Gasteiger partial charge is 0.507 e. The summed E-state index contributed by atoms with van der Waals surface area (Å²) in [5, 5.41) is 58.7. The topological polar surface area (TPSA) is 118 Å². The molecule has 0 aliphatic carbocycles. The normalized spacial score (nSPS) is 10.0. The molecule has 0 radical (unpaired) electrons. The second kappa shape index (κ2) is 45.3. The Balaban J connectivity index is 1.04. The molecule has 0 aromatic heterocycles. The molecule has 122 heavy (non-hydrogen) atoms. The van der Waals surface area contributed by atoms with Gasteiger partial charge < -0.3 is 39.4 Å². The SMILES string of the molecule is CCCCCCOc1cc2c#cc3cc(C)cc(c#cc#cc4cc(C)cc(c#cc5cc(OCCCCCC)c(c#cc6cc(C)cc(c#cc7cc(O)c(c#cc8cc(C)cc(c#cc#cc9cc(C)cc(c#cc%10cc(OCCCCCC)c(c#cc%11cc(C)cc(c#cc1cc2O)c%11)cc%10O)c9)c8)cc7OCCCCCC)c6)cc5O)c4)c3. The van der Waals surface area contributed by atoms with E-state index in [0.717, 1.165) is 158 Å². The van der Waals surface area contributed by atoms with Gasteiger partial charge in [0, 0.05) is 113 Å². The summed E-state index contributed by atoms with van der Waals surface area (Å²) in [6, 6.07) is 126. The van der Waals surface area contributed by atoms with Gasteiger partial charge in [-0.2, -0.15) is 0 Å². The van der Waals surface area contributed by atoms with Gasteiger partial charge in [-0.1, -0.05) is 226 Å². The average molecular weight is 1600 g/mol. The van der Waals surface area contributed by atoms with Gasteiger partial charge in [-0.3, -0.25) is 0 Å². The van der Waals surface area contributed by atoms with Crippen LogP contribution < -0.4 is 18.9 Å². The van der Waals surface area contributed by atoms with Crippen molar-refractivity contribution in [2.24, 2.45) is 0 Å². The second-order valence-electron chi connectivity index (χ2n) is 30.6. The van der Waals surface area contributed by atoms with E-state index in [1.807, 2.05) is 151 Å². The van der Waals surface area contributed by atoms with E-state index in [-0.39, 0.29) is 23.0 Å². The predicted molar refractivity (Wildman–Crippen MR) is 495 cm³/mol. The lowest BCUT2D eigenvalue weighted by atomic mass is 10.1. The number of hydrogen-bond acceptors (Lipinski definition) is 8. The minimum atomic E-state index is -0.0400. The maximum atomic E-state index is 11.6. The van der Waals surface area contributed by atoms with Crippen LogP contribution in [0, 0.1) is 187 Å². The summed E-state index contributed by atoms with van der Waals surface area (Å²) in [4.78, 5) is 0. The zero-order valence-corrected chi connectivity index (χ0v) is 71.6. The first-order valence-electron chi connectivity index (χ1n) is 42.2. The second-order valence-corrected chi connectivity index (χ2v) is 30.6. The summed E-state index contributed by atoms with van der Waals surface area (Å²) in [5.41, 5.74) is 5.69. The molecule has 20 aromatic rings. The Morgan fingerprint density at radius 2 is 0.344 bits per heavy atom. The van der Waals surface area contributed by atoms with Gasteiger partial charge in [-0.05, 0) is 234 Å². The van der Waals surface area contributed by atoms with Crippen LogP contribution in [0.4, 0.5) is 0 Å². The zero-order chi connectivity index (χ0) is 86.0. The molecule has 0 unspecified atom stereocenters. The van der Waals surface area contributed by atoms with Gasteiger partial charge >= 0.3 is 0 Å². The quantitative estimate of drug-likeness (QED) is 0.0442. The fourth-order valence-corrected chi connectivity index (χ4v) is 13.5. The number of hydrogen-bond donors (Lipinski definition) is 4. The molecule has 0 atom stereocenters. The molecule has 0 saturated heterocycles. The van der Waals surface area contributed by atoms with Crippen LogP contribution in [0.15, 0.2) is 158 Å². The molecule has 20 rings (SSSR count). The molecule has 0 amide bonds. The molecule has 0 spiro atoms. The van der Waals surface area contributed by atoms with Crippen molar-refractivity contribution in [3.8, 4) is 46.0 Å². The number of unbranched alkanes of at least 4 members (excludes halogenated alkanes) is 12. The van der Waals surface area contributed by atoms with E-state index in [9.17, 15) is 20.4 Å². The van der Waals surface area contributed by atoms with E-state index < -0.39 is 0 Å². The van der Waals surface area contributed by atoms with Crippen LogP contribution in [0.3, 0.4) is 0 Å². The third-order valence-electron chi connectivity index (χ3n) is 19.6. The van der Waals surface area contributed by atoms with Crippen molar-refractivity contribution in [2.75, 3.05) is 26.4 Å². The van der Waals surface area contributed by atoms with Crippen LogP contribution in [0.1, 0.15) is 164 Å². The van der Waals surface area contributed by atoms with Gasteiger partial charge in [0.25, 0.3) is 0 Å². The molecule has 20 bridgehead atoms. The molecule has 0 heterocycles. The first-order chi connectivity index (χ1) is 59.3. The van der Waals surface area contributed by atoms with Crippen molar-refractivity contribution in [1.82, 2.24) is 0 Å². The Morgan fingerprint density at radius 1 is 0.180 bits per heavy atom. The van der Waals surface area contributed by atoms with Gasteiger partial charge in [0.15, 0.2) is 0 Å². The van der Waals surface area contributed by atoms with Crippen molar-refractivity contribution in [1.29, 1.82) is 0 Å². The van der Waals surface area contributed by atoms with Crippen LogP contribution in [0.25, 0.3) is 108 Å². The summed E-state index contributed by atoms with van der Waals surface area (Å²) >= 11 is 0. The summed E-state index contributed by atoms with van der Waals surface area (Å²) in [6.45, 7) is 22.5. The first-order valence-corrected chi connectivity index (χ1v) is 42.2. The lowest BCUT2D eigenvalue weighted by molar-refractivity contribution is 0.308. The first kappa shape index (κ1) is 88.1. The fourth-order valence-electron chi connectivity index (χ4n) is 13.5. The third kappa shape index (κ3) is 27.7. The van der Waals surface area contributed by atoms with Crippen molar-refractivity contribution in [3.63, 3.8) is 0 Å². The van der Waals surface area contributed by atoms with Crippen molar-refractivity contribution >= 4 is 108 Å². The number of phenolic OH excluding ortho intramolecular Hbond substituents is 4. The zero-order valence-electron chi connectivity index (χ0n) is 71.6. The predicted octanol–water partition coefficient (Wildman–Crippen LogP) is 27.6. The van der Waals surface area contributed by atoms with Crippen LogP contribution in [-0.2, 0) is 0 Å². The third-order valence-corrected chi connectivity index (χ3v) is 19.6. The number of aryl methyl sites for hydroxylation is 6. The fraction of sp³-hybridized carbons (Fsp3) is 0.263. The Morgan fingerprint density at radius 3 is 0.516 bits per heavy atom. The highest BCUT2D eigenvalue weighted by molar-refractivity contribution is 5.82. The Kier molecular flexibility index (Phi) is 32.7. The van der Waals surface area contributed by atoms with Gasteiger partial charge in [0.1, 0.15) is 46.0 Å². The number of phenols is 4. The van der Waals surface area contributed by atoms with E-state index in [1.54, 1.807) is 48.5 Å². The number of benzene rings is 10. The highest BCUT2D eigenvalue weighted by Gasteiger charge is 2.10. The lowest BCUT2D eigenvalue weighted by Gasteiger charge is -2.07. The Bertz CT molecular complexity index is 5510. The molecular weight excluding hydrogens is 1500 g/mol. The van der Waals surface area contributed by atoms with Crippen molar-refractivity contribution in [3.05, 3.63) is 337 Å². The maximum absolute atomic E-state index is 11.6. The van der Waals surface area contributed by atoms with E-state index in [0.29, 0.717) is 136 Å². The average Bonchev–Trinajstić information content (AvgIpc) is 0.831. The van der Waals surface area contributed by atoms with Gasteiger partial charge in [-0.15, -0.1) is 0 Å². The monoisotopic (exact) mass is 1600 g/mol. The molecule has 4 N–H and O–H groups in total. The summed E-state index contributed by atoms with van der Waals surface area (Å²) in [6.07, 6.45) is 16.2. The standard InChI is InChI=1S/C114H100O8/c1-11-15-19-27-51-119-111-77-99-43-35-91-59-81(5)55-87(67-91)31-23-24-32-88-56-82(6)60-92(68-88)37-45-101-79-113(121-53-29-21-17-13-3)105(75-109(101)117)49-41-97-65-86(10)66-98(72-97)42-50-106-76-110(118)102(80-114(106)122-54-30-22-18-14-4)46-38-94-62-84(8)58-90(70-94)34-26-25-33-89-57-83(7)61-93(69-89)36-44-100-78-112(120-52-28-20-16-12-2)104(74-108(100)116)48-40-96-64-85(9)63-95(71-96)39-47-103(111)73-107(99)115/h55-80,115-118H,11-22,27-30,51-54H2,1-10H3. The van der Waals surface area contributed by atoms with Crippen LogP contribution >= 0.6 is 0 Å². The summed E-state index contributed by atoms with van der Waals surface area (Å²) < 4.78 is 25.8. The van der Waals surface area contributed by atoms with E-state index in [1.165, 1.54) is 0 Å². The summed E-state index contributed by atoms with van der Waals surface area (Å²) in [7, 11) is 0. The molecule has 604 valence electrons. The Labute approximate surface area is 723 Å². The Hall–Kier alpha value is -14.7. The highest BCUT2D eigenvalue weighted by atomic mass is 16.5. The minimum absolute atomic E-state index is 0.0400. The molecular formula is C114H100O8. The van der Waals surface area contributed by atoms with Gasteiger partial charge in [0.2, 0.25) is 0 Å². The molecule has 20 aromatic carbocycles. The van der Waals surface area contributed by atoms with Crippen LogP contribution in [0.2, 0.25) is 0 Å². The lowest BCUT2D eigenvalue weighted by Crippen LogP contribution is -1.97. The molecule has 0 aliphatic rings. The van der Waals surface area contributed by atoms with Gasteiger partial charge in [-0.25, -0.2) is 0 Å². The van der Waals surface area contributed by atoms with E-state index in [2.05, 4.69) is 173 Å². The van der Waals surface area contributed by atoms with Gasteiger partial charge in [0.05, 0.1) is 69.5 Å². The molecule has 0 aliphatic heterocycles. The van der Waals surface area contributed by atoms with Crippen molar-refractivity contribution < 1.29 is 39.4 Å². The smallest absolute Gasteiger partial charge is 0.136 e. The number of ether oxygens (including phenoxy) is 4. The molecule has 0 saturated carbocycles. The number of rotatable bonds is 24. The van der Waals surface area contributed by atoms with E-state index in [4.69, 9.17) is 18.9 Å². The summed E-state index contributed by atoms with van der Waals surface area (Å²) in [5.74, 6) is 1.88. The minimum Gasteiger partial charge on any atom is -0.507 e. The molecule has 8 nitrogen and oxygen atoms in total. The maximum Gasteiger partial charge on any atom is 0.136 e. The van der Waals surface area contributed by atoms with Crippen LogP contribution in [0.5, 0.6) is 46.0 Å². The van der Waals surface area contributed by atoms with Crippen LogP contribution in [-0.4, -0.2) is 46.9 Å². The molecule has 8 heteroatoms. The number of aromatic hydroxyl groups is 4. The molecule has 0 fully saturated rings.